The lowest BCUT2D eigenvalue weighted by molar-refractivity contribution is -0.135. The Labute approximate surface area is 186 Å². The number of hydrogen-bond acceptors (Lipinski definition) is 7. The van der Waals surface area contributed by atoms with Gasteiger partial charge in [0.15, 0.2) is 0 Å². The van der Waals surface area contributed by atoms with Crippen LogP contribution >= 0.6 is 11.3 Å². The van der Waals surface area contributed by atoms with Crippen LogP contribution in [0.4, 0.5) is 0 Å². The van der Waals surface area contributed by atoms with Crippen molar-refractivity contribution in [2.45, 2.75) is 58.9 Å². The maximum atomic E-state index is 13.0. The number of thiazole rings is 1. The second-order valence-electron chi connectivity index (χ2n) is 8.03. The molecule has 164 valence electrons. The van der Waals surface area contributed by atoms with Crippen LogP contribution in [0.5, 0.6) is 5.75 Å². The van der Waals surface area contributed by atoms with E-state index in [1.165, 1.54) is 16.9 Å². The van der Waals surface area contributed by atoms with Crippen molar-refractivity contribution in [3.05, 3.63) is 46.4 Å². The summed E-state index contributed by atoms with van der Waals surface area (Å²) in [6.07, 6.45) is 3.99. The van der Waals surface area contributed by atoms with Crippen LogP contribution in [0.3, 0.4) is 0 Å². The number of carbonyl (C=O) groups is 1. The van der Waals surface area contributed by atoms with Crippen LogP contribution in [0.1, 0.15) is 60.9 Å². The fourth-order valence-electron chi connectivity index (χ4n) is 3.97. The average Bonchev–Trinajstić information content (AvgIpc) is 3.41. The van der Waals surface area contributed by atoms with Gasteiger partial charge < -0.3 is 14.1 Å². The van der Waals surface area contributed by atoms with E-state index in [0.717, 1.165) is 47.7 Å². The zero-order valence-corrected chi connectivity index (χ0v) is 19.1. The molecular weight excluding hydrogens is 412 g/mol. The second-order valence-corrected chi connectivity index (χ2v) is 8.89. The van der Waals surface area contributed by atoms with Crippen LogP contribution in [-0.4, -0.2) is 39.1 Å². The molecule has 0 N–H and O–H groups in total. The SMILES string of the molecule is Cc1ccc(OCCCC(=O)N2CCCC[C@@H]2c2nnc(-c3scnc3C)o2)c(C)c1. The Morgan fingerprint density at radius 2 is 2.13 bits per heavy atom. The molecule has 1 amide bonds. The van der Waals surface area contributed by atoms with E-state index in [1.54, 1.807) is 5.51 Å². The summed E-state index contributed by atoms with van der Waals surface area (Å²) < 4.78 is 11.8. The van der Waals surface area contributed by atoms with E-state index in [9.17, 15) is 4.79 Å². The molecule has 0 aliphatic carbocycles. The number of likely N-dealkylation sites (tertiary alicyclic amines) is 1. The number of hydrogen-bond donors (Lipinski definition) is 0. The third kappa shape index (κ3) is 4.95. The Morgan fingerprint density at radius 1 is 1.26 bits per heavy atom. The van der Waals surface area contributed by atoms with Crippen molar-refractivity contribution in [1.29, 1.82) is 0 Å². The minimum absolute atomic E-state index is 0.114. The molecule has 31 heavy (non-hydrogen) atoms. The first-order valence-corrected chi connectivity index (χ1v) is 11.6. The van der Waals surface area contributed by atoms with E-state index < -0.39 is 0 Å². The lowest BCUT2D eigenvalue weighted by atomic mass is 10.0. The number of amides is 1. The molecule has 3 heterocycles. The van der Waals surface area contributed by atoms with Crippen LogP contribution in [0.25, 0.3) is 10.8 Å². The molecule has 1 aliphatic rings. The quantitative estimate of drug-likeness (QED) is 0.479. The maximum Gasteiger partial charge on any atom is 0.259 e. The summed E-state index contributed by atoms with van der Waals surface area (Å²) in [5, 5.41) is 8.47. The molecule has 2 aromatic heterocycles. The molecule has 0 unspecified atom stereocenters. The molecule has 7 nitrogen and oxygen atoms in total. The van der Waals surface area contributed by atoms with Gasteiger partial charge in [-0.15, -0.1) is 21.5 Å². The van der Waals surface area contributed by atoms with Crippen molar-refractivity contribution in [3.63, 3.8) is 0 Å². The molecule has 0 bridgehead atoms. The fraction of sp³-hybridized carbons (Fsp3) is 0.478. The zero-order chi connectivity index (χ0) is 21.8. The summed E-state index contributed by atoms with van der Waals surface area (Å²) >= 11 is 1.48. The van der Waals surface area contributed by atoms with Gasteiger partial charge in [0.1, 0.15) is 16.7 Å². The number of benzene rings is 1. The first-order valence-electron chi connectivity index (χ1n) is 10.8. The van der Waals surface area contributed by atoms with E-state index in [0.29, 0.717) is 31.2 Å². The van der Waals surface area contributed by atoms with Gasteiger partial charge >= 0.3 is 0 Å². The highest BCUT2D eigenvalue weighted by atomic mass is 32.1. The van der Waals surface area contributed by atoms with Crippen molar-refractivity contribution in [3.8, 4) is 16.5 Å². The highest BCUT2D eigenvalue weighted by Crippen LogP contribution is 2.33. The molecule has 1 saturated heterocycles. The first kappa shape index (κ1) is 21.5. The Balaban J connectivity index is 1.35. The molecule has 4 rings (SSSR count). The van der Waals surface area contributed by atoms with Crippen molar-refractivity contribution >= 4 is 17.2 Å². The third-order valence-corrected chi connectivity index (χ3v) is 6.53. The zero-order valence-electron chi connectivity index (χ0n) is 18.3. The second kappa shape index (κ2) is 9.60. The van der Waals surface area contributed by atoms with E-state index in [2.05, 4.69) is 28.2 Å². The topological polar surface area (TPSA) is 81.4 Å². The Bertz CT molecular complexity index is 1050. The van der Waals surface area contributed by atoms with Crippen LogP contribution < -0.4 is 4.74 Å². The Hall–Kier alpha value is -2.74. The van der Waals surface area contributed by atoms with Gasteiger partial charge in [-0.25, -0.2) is 4.98 Å². The van der Waals surface area contributed by atoms with Gasteiger partial charge in [-0.05, 0) is 58.1 Å². The summed E-state index contributed by atoms with van der Waals surface area (Å²) in [4.78, 5) is 20.0. The fourth-order valence-corrected chi connectivity index (χ4v) is 4.69. The molecule has 0 radical (unpaired) electrons. The average molecular weight is 441 g/mol. The van der Waals surface area contributed by atoms with Gasteiger partial charge in [-0.2, -0.15) is 0 Å². The maximum absolute atomic E-state index is 13.0. The van der Waals surface area contributed by atoms with Crippen LogP contribution in [0.15, 0.2) is 28.1 Å². The highest BCUT2D eigenvalue weighted by Gasteiger charge is 2.32. The number of ether oxygens (including phenoxy) is 1. The van der Waals surface area contributed by atoms with Crippen LogP contribution in [0, 0.1) is 20.8 Å². The summed E-state index contributed by atoms with van der Waals surface area (Å²) in [6.45, 7) is 7.27. The molecule has 1 fully saturated rings. The molecule has 3 aromatic rings. The highest BCUT2D eigenvalue weighted by molar-refractivity contribution is 7.13. The minimum atomic E-state index is -0.156. The van der Waals surface area contributed by atoms with E-state index >= 15 is 0 Å². The van der Waals surface area contributed by atoms with Gasteiger partial charge in [-0.1, -0.05) is 17.7 Å². The van der Waals surface area contributed by atoms with Gasteiger partial charge in [0, 0.05) is 13.0 Å². The lowest BCUT2D eigenvalue weighted by Crippen LogP contribution is -2.38. The molecule has 8 heteroatoms. The molecule has 1 aromatic carbocycles. The summed E-state index contributed by atoms with van der Waals surface area (Å²) in [5.74, 6) is 1.99. The number of piperidine rings is 1. The largest absolute Gasteiger partial charge is 0.493 e. The van der Waals surface area contributed by atoms with Gasteiger partial charge in [-0.3, -0.25) is 4.79 Å². The number of rotatable bonds is 7. The smallest absolute Gasteiger partial charge is 0.259 e. The number of aromatic nitrogens is 3. The Morgan fingerprint density at radius 3 is 2.90 bits per heavy atom. The molecule has 0 saturated carbocycles. The minimum Gasteiger partial charge on any atom is -0.493 e. The van der Waals surface area contributed by atoms with Gasteiger partial charge in [0.05, 0.1) is 17.8 Å². The van der Waals surface area contributed by atoms with Crippen molar-refractivity contribution < 1.29 is 13.9 Å². The molecular formula is C23H28N4O3S. The van der Waals surface area contributed by atoms with Crippen molar-refractivity contribution in [1.82, 2.24) is 20.1 Å². The number of nitrogens with zero attached hydrogens (tertiary/aromatic N) is 4. The van der Waals surface area contributed by atoms with Gasteiger partial charge in [0.25, 0.3) is 5.89 Å². The molecule has 1 aliphatic heterocycles. The third-order valence-electron chi connectivity index (χ3n) is 5.61. The van der Waals surface area contributed by atoms with Crippen LogP contribution in [0.2, 0.25) is 0 Å². The summed E-state index contributed by atoms with van der Waals surface area (Å²) in [6, 6.07) is 5.98. The molecule has 0 spiro atoms. The van der Waals surface area contributed by atoms with Crippen LogP contribution in [-0.2, 0) is 4.79 Å². The predicted octanol–water partition coefficient (Wildman–Crippen LogP) is 5.03. The van der Waals surface area contributed by atoms with E-state index in [4.69, 9.17) is 9.15 Å². The van der Waals surface area contributed by atoms with Crippen molar-refractivity contribution in [2.24, 2.45) is 0 Å². The Kier molecular flexibility index (Phi) is 6.65. The standard InChI is InChI=1S/C23H28N4O3S/c1-15-9-10-19(16(2)13-15)29-12-6-8-20(28)27-11-5-4-7-18(27)22-25-26-23(30-22)21-17(3)24-14-31-21/h9-10,13-14,18H,4-8,11-12H2,1-3H3/t18-/m1/s1. The van der Waals surface area contributed by atoms with E-state index in [1.807, 2.05) is 30.9 Å². The lowest BCUT2D eigenvalue weighted by Gasteiger charge is -2.33. The summed E-state index contributed by atoms with van der Waals surface area (Å²) in [5.41, 5.74) is 4.97. The predicted molar refractivity (Wildman–Crippen MR) is 119 cm³/mol. The normalized spacial score (nSPS) is 16.5. The monoisotopic (exact) mass is 440 g/mol. The van der Waals surface area contributed by atoms with E-state index in [-0.39, 0.29) is 11.9 Å². The number of aryl methyl sites for hydroxylation is 3. The first-order chi connectivity index (χ1) is 15.0. The van der Waals surface area contributed by atoms with Gasteiger partial charge in [0.2, 0.25) is 11.8 Å². The number of carbonyl (C=O) groups excluding carboxylic acids is 1. The summed E-state index contributed by atoms with van der Waals surface area (Å²) in [7, 11) is 0. The van der Waals surface area contributed by atoms with Crippen molar-refractivity contribution in [2.75, 3.05) is 13.2 Å². The molecule has 1 atom stereocenters.